The lowest BCUT2D eigenvalue weighted by atomic mass is 10.1. The van der Waals surface area contributed by atoms with Crippen molar-refractivity contribution >= 4 is 62.5 Å². The Morgan fingerprint density at radius 2 is 1.85 bits per heavy atom. The van der Waals surface area contributed by atoms with E-state index in [1.54, 1.807) is 41.3 Å². The number of halogens is 4. The molecule has 1 aliphatic rings. The molecule has 0 heterocycles. The van der Waals surface area contributed by atoms with Gasteiger partial charge in [0.1, 0.15) is 11.8 Å². The Kier molecular flexibility index (Phi) is 9.74. The van der Waals surface area contributed by atoms with Crippen LogP contribution in [0.15, 0.2) is 40.9 Å². The van der Waals surface area contributed by atoms with Crippen molar-refractivity contribution in [1.82, 2.24) is 10.2 Å². The third-order valence-corrected chi connectivity index (χ3v) is 7.26. The van der Waals surface area contributed by atoms with Crippen molar-refractivity contribution in [1.29, 1.82) is 0 Å². The fourth-order valence-corrected chi connectivity index (χ4v) is 5.05. The Balaban J connectivity index is 1.79. The Morgan fingerprint density at radius 3 is 2.48 bits per heavy atom. The molecule has 1 fully saturated rings. The molecule has 0 aliphatic heterocycles. The number of nitrogens with one attached hydrogen (secondary N) is 1. The predicted octanol–water partition coefficient (Wildman–Crippen LogP) is 6.65. The maximum atomic E-state index is 13.3. The highest BCUT2D eigenvalue weighted by molar-refractivity contribution is 9.10. The molecule has 1 N–H and O–H groups in total. The molecule has 1 saturated carbocycles. The molecule has 178 valence electrons. The molecule has 2 aromatic carbocycles. The van der Waals surface area contributed by atoms with Crippen LogP contribution in [-0.2, 0) is 16.1 Å². The number of carbonyl (C=O) groups is 2. The van der Waals surface area contributed by atoms with E-state index in [1.807, 2.05) is 6.92 Å². The summed E-state index contributed by atoms with van der Waals surface area (Å²) in [5.41, 5.74) is 0.775. The molecule has 2 amide bonds. The number of amides is 2. The van der Waals surface area contributed by atoms with Crippen LogP contribution in [0.3, 0.4) is 0 Å². The van der Waals surface area contributed by atoms with E-state index in [1.165, 1.54) is 0 Å². The van der Waals surface area contributed by atoms with Crippen LogP contribution in [0.2, 0.25) is 15.1 Å². The van der Waals surface area contributed by atoms with Gasteiger partial charge in [0.2, 0.25) is 5.91 Å². The minimum absolute atomic E-state index is 0.148. The summed E-state index contributed by atoms with van der Waals surface area (Å²) >= 11 is 21.6. The van der Waals surface area contributed by atoms with Crippen molar-refractivity contribution in [3.05, 3.63) is 61.5 Å². The summed E-state index contributed by atoms with van der Waals surface area (Å²) < 4.78 is 6.39. The van der Waals surface area contributed by atoms with Gasteiger partial charge in [-0.2, -0.15) is 0 Å². The lowest BCUT2D eigenvalue weighted by Gasteiger charge is -2.31. The van der Waals surface area contributed by atoms with E-state index in [2.05, 4.69) is 21.2 Å². The molecule has 0 aromatic heterocycles. The van der Waals surface area contributed by atoms with Crippen molar-refractivity contribution in [3.63, 3.8) is 0 Å². The quantitative estimate of drug-likeness (QED) is 0.364. The molecule has 1 unspecified atom stereocenters. The minimum Gasteiger partial charge on any atom is -0.483 e. The van der Waals surface area contributed by atoms with E-state index in [0.717, 1.165) is 31.2 Å². The van der Waals surface area contributed by atoms with Gasteiger partial charge in [-0.05, 0) is 71.1 Å². The summed E-state index contributed by atoms with van der Waals surface area (Å²) in [5, 5.41) is 4.50. The third kappa shape index (κ3) is 7.25. The molecule has 1 aliphatic carbocycles. The first-order valence-electron chi connectivity index (χ1n) is 10.9. The monoisotopic (exact) mass is 574 g/mol. The van der Waals surface area contributed by atoms with Gasteiger partial charge >= 0.3 is 0 Å². The third-order valence-electron chi connectivity index (χ3n) is 5.67. The van der Waals surface area contributed by atoms with Crippen LogP contribution in [-0.4, -0.2) is 35.4 Å². The molecule has 0 saturated heterocycles. The SMILES string of the molecule is CCC(C(=O)NC1CCCC1)N(Cc1ccc(Cl)c(Cl)c1)C(=O)COc1ccc(Cl)cc1Br. The Hall–Kier alpha value is -1.47. The van der Waals surface area contributed by atoms with E-state index in [4.69, 9.17) is 39.5 Å². The number of ether oxygens (including phenoxy) is 1. The first kappa shape index (κ1) is 26.1. The van der Waals surface area contributed by atoms with Gasteiger partial charge in [-0.15, -0.1) is 0 Å². The van der Waals surface area contributed by atoms with Crippen molar-refractivity contribution in [2.45, 2.75) is 57.7 Å². The van der Waals surface area contributed by atoms with Gasteiger partial charge in [0.05, 0.1) is 14.5 Å². The van der Waals surface area contributed by atoms with E-state index in [9.17, 15) is 9.59 Å². The topological polar surface area (TPSA) is 58.6 Å². The van der Waals surface area contributed by atoms with E-state index in [-0.39, 0.29) is 31.0 Å². The van der Waals surface area contributed by atoms with Crippen LogP contribution in [0.5, 0.6) is 5.75 Å². The predicted molar refractivity (Wildman–Crippen MR) is 136 cm³/mol. The van der Waals surface area contributed by atoms with Crippen LogP contribution in [0.1, 0.15) is 44.6 Å². The van der Waals surface area contributed by atoms with E-state index in [0.29, 0.717) is 31.7 Å². The molecule has 1 atom stereocenters. The molecule has 0 bridgehead atoms. The maximum absolute atomic E-state index is 13.3. The average Bonchev–Trinajstić information content (AvgIpc) is 3.28. The highest BCUT2D eigenvalue weighted by Crippen LogP contribution is 2.28. The van der Waals surface area contributed by atoms with E-state index < -0.39 is 6.04 Å². The molecule has 9 heteroatoms. The van der Waals surface area contributed by atoms with Crippen molar-refractivity contribution in [2.75, 3.05) is 6.61 Å². The average molecular weight is 577 g/mol. The first-order chi connectivity index (χ1) is 15.8. The summed E-state index contributed by atoms with van der Waals surface area (Å²) in [7, 11) is 0. The smallest absolute Gasteiger partial charge is 0.261 e. The maximum Gasteiger partial charge on any atom is 0.261 e. The molecule has 3 rings (SSSR count). The van der Waals surface area contributed by atoms with Crippen LogP contribution in [0.4, 0.5) is 0 Å². The fourth-order valence-electron chi connectivity index (χ4n) is 3.94. The molecular formula is C24H26BrCl3N2O3. The summed E-state index contributed by atoms with van der Waals surface area (Å²) in [4.78, 5) is 28.0. The Morgan fingerprint density at radius 1 is 1.12 bits per heavy atom. The zero-order valence-corrected chi connectivity index (χ0v) is 22.1. The van der Waals surface area contributed by atoms with Gasteiger partial charge in [-0.3, -0.25) is 9.59 Å². The zero-order valence-electron chi connectivity index (χ0n) is 18.3. The van der Waals surface area contributed by atoms with Crippen LogP contribution >= 0.6 is 50.7 Å². The minimum atomic E-state index is -0.634. The summed E-state index contributed by atoms with van der Waals surface area (Å²) in [5.74, 6) is 0.0347. The van der Waals surface area contributed by atoms with Gasteiger partial charge < -0.3 is 15.0 Å². The Labute approximate surface area is 217 Å². The Bertz CT molecular complexity index is 999. The number of benzene rings is 2. The second kappa shape index (κ2) is 12.3. The van der Waals surface area contributed by atoms with Crippen LogP contribution in [0.25, 0.3) is 0 Å². The number of nitrogens with zero attached hydrogens (tertiary/aromatic N) is 1. The van der Waals surface area contributed by atoms with E-state index >= 15 is 0 Å². The number of carbonyl (C=O) groups excluding carboxylic acids is 2. The standard InChI is InChI=1S/C24H26BrCl3N2O3/c1-2-21(24(32)29-17-5-3-4-6-17)30(13-15-7-9-19(27)20(28)11-15)23(31)14-33-22-10-8-16(26)12-18(22)25/h7-12,17,21H,2-6,13-14H2,1H3,(H,29,32). The molecule has 0 spiro atoms. The zero-order chi connectivity index (χ0) is 24.0. The van der Waals surface area contributed by atoms with Crippen LogP contribution in [0, 0.1) is 0 Å². The van der Waals surface area contributed by atoms with Crippen molar-refractivity contribution in [2.24, 2.45) is 0 Å². The number of rotatable bonds is 9. The van der Waals surface area contributed by atoms with Crippen molar-refractivity contribution in [3.8, 4) is 5.75 Å². The summed E-state index contributed by atoms with van der Waals surface area (Å²) in [6.07, 6.45) is 4.62. The molecule has 33 heavy (non-hydrogen) atoms. The summed E-state index contributed by atoms with van der Waals surface area (Å²) in [6, 6.07) is 9.78. The lowest BCUT2D eigenvalue weighted by molar-refractivity contribution is -0.143. The van der Waals surface area contributed by atoms with Gasteiger partial charge in [0, 0.05) is 17.6 Å². The highest BCUT2D eigenvalue weighted by atomic mass is 79.9. The van der Waals surface area contributed by atoms with Gasteiger partial charge in [-0.25, -0.2) is 0 Å². The van der Waals surface area contributed by atoms with Crippen LogP contribution < -0.4 is 10.1 Å². The highest BCUT2D eigenvalue weighted by Gasteiger charge is 2.31. The van der Waals surface area contributed by atoms with Gasteiger partial charge in [-0.1, -0.05) is 60.6 Å². The second-order valence-corrected chi connectivity index (χ2v) is 10.2. The lowest BCUT2D eigenvalue weighted by Crippen LogP contribution is -2.52. The molecule has 2 aromatic rings. The number of hydrogen-bond donors (Lipinski definition) is 1. The second-order valence-electron chi connectivity index (χ2n) is 8.05. The normalized spacial score (nSPS) is 14.7. The summed E-state index contributed by atoms with van der Waals surface area (Å²) in [6.45, 7) is 1.87. The molecular weight excluding hydrogens is 551 g/mol. The molecule has 5 nitrogen and oxygen atoms in total. The fraction of sp³-hybridized carbons (Fsp3) is 0.417. The van der Waals surface area contributed by atoms with Gasteiger partial charge in [0.15, 0.2) is 6.61 Å². The van der Waals surface area contributed by atoms with Gasteiger partial charge in [0.25, 0.3) is 5.91 Å². The van der Waals surface area contributed by atoms with Crippen molar-refractivity contribution < 1.29 is 14.3 Å². The number of hydrogen-bond acceptors (Lipinski definition) is 3. The largest absolute Gasteiger partial charge is 0.483 e. The molecule has 0 radical (unpaired) electrons. The first-order valence-corrected chi connectivity index (χ1v) is 12.8.